The average molecular weight is 240 g/mol. The third kappa shape index (κ3) is 2.32. The van der Waals surface area contributed by atoms with Gasteiger partial charge >= 0.3 is 0 Å². The highest BCUT2D eigenvalue weighted by Crippen LogP contribution is 2.33. The fourth-order valence-electron chi connectivity index (χ4n) is 1.64. The minimum Gasteiger partial charge on any atom is -0.397 e. The molecule has 0 bridgehead atoms. The number of rotatable bonds is 2. The predicted molar refractivity (Wildman–Crippen MR) is 75.4 cm³/mol. The summed E-state index contributed by atoms with van der Waals surface area (Å²) >= 11 is 0. The number of hydrogen-bond acceptors (Lipinski definition) is 4. The Morgan fingerprint density at radius 1 is 0.833 bits per heavy atom. The summed E-state index contributed by atoms with van der Waals surface area (Å²) in [5, 5.41) is 8.45. The van der Waals surface area contributed by atoms with Crippen molar-refractivity contribution in [3.8, 4) is 0 Å². The van der Waals surface area contributed by atoms with Gasteiger partial charge in [0, 0.05) is 0 Å². The molecular weight excluding hydrogens is 224 g/mol. The highest BCUT2D eigenvalue weighted by Gasteiger charge is 2.05. The minimum absolute atomic E-state index is 0.479. The molecule has 4 heteroatoms. The molecule has 0 aliphatic heterocycles. The molecule has 2 aromatic carbocycles. The van der Waals surface area contributed by atoms with Crippen molar-refractivity contribution >= 4 is 22.7 Å². The molecule has 0 saturated carbocycles. The maximum atomic E-state index is 5.91. The molecule has 92 valence electrons. The van der Waals surface area contributed by atoms with E-state index in [9.17, 15) is 0 Å². The standard InChI is InChI=1S/C14H16N4/c1-9-5-3-4-6-12(9)17-18-14-10(2)7-8-11(15)13(14)16/h3-8H,15-16H2,1-2H3. The summed E-state index contributed by atoms with van der Waals surface area (Å²) in [6.07, 6.45) is 0. The van der Waals surface area contributed by atoms with Crippen LogP contribution < -0.4 is 11.5 Å². The summed E-state index contributed by atoms with van der Waals surface area (Å²) in [7, 11) is 0. The first-order valence-corrected chi connectivity index (χ1v) is 5.71. The van der Waals surface area contributed by atoms with Gasteiger partial charge in [-0.05, 0) is 37.1 Å². The van der Waals surface area contributed by atoms with Crippen LogP contribution in [0.1, 0.15) is 11.1 Å². The fraction of sp³-hybridized carbons (Fsp3) is 0.143. The molecule has 0 atom stereocenters. The molecule has 0 aliphatic carbocycles. The van der Waals surface area contributed by atoms with E-state index in [0.29, 0.717) is 17.1 Å². The molecule has 4 nitrogen and oxygen atoms in total. The van der Waals surface area contributed by atoms with Gasteiger partial charge in [0.1, 0.15) is 5.69 Å². The second-order valence-corrected chi connectivity index (χ2v) is 4.22. The zero-order chi connectivity index (χ0) is 13.1. The van der Waals surface area contributed by atoms with Crippen LogP contribution in [0.5, 0.6) is 0 Å². The first-order valence-electron chi connectivity index (χ1n) is 5.71. The SMILES string of the molecule is Cc1ccccc1N=Nc1c(C)ccc(N)c1N. The summed E-state index contributed by atoms with van der Waals surface area (Å²) in [6.45, 7) is 3.92. The predicted octanol–water partition coefficient (Wildman–Crippen LogP) is 3.88. The van der Waals surface area contributed by atoms with Crippen LogP contribution in [-0.4, -0.2) is 0 Å². The lowest BCUT2D eigenvalue weighted by atomic mass is 10.1. The Bertz CT molecular complexity index is 603. The quantitative estimate of drug-likeness (QED) is 0.617. The van der Waals surface area contributed by atoms with Crippen molar-refractivity contribution in [2.75, 3.05) is 11.5 Å². The summed E-state index contributed by atoms with van der Waals surface area (Å²) in [6, 6.07) is 11.5. The lowest BCUT2D eigenvalue weighted by Crippen LogP contribution is -1.95. The smallest absolute Gasteiger partial charge is 0.114 e. The molecule has 2 rings (SSSR count). The van der Waals surface area contributed by atoms with Crippen LogP contribution in [0.15, 0.2) is 46.6 Å². The Morgan fingerprint density at radius 3 is 2.28 bits per heavy atom. The zero-order valence-electron chi connectivity index (χ0n) is 10.5. The third-order valence-corrected chi connectivity index (χ3v) is 2.83. The Labute approximate surface area is 106 Å². The van der Waals surface area contributed by atoms with Gasteiger partial charge in [-0.3, -0.25) is 0 Å². The van der Waals surface area contributed by atoms with Gasteiger partial charge in [-0.15, -0.1) is 5.11 Å². The molecule has 0 amide bonds. The van der Waals surface area contributed by atoms with Gasteiger partial charge in [0.2, 0.25) is 0 Å². The van der Waals surface area contributed by atoms with E-state index in [1.807, 2.05) is 44.2 Å². The molecule has 0 spiro atoms. The molecule has 18 heavy (non-hydrogen) atoms. The normalized spacial score (nSPS) is 11.0. The van der Waals surface area contributed by atoms with Crippen LogP contribution >= 0.6 is 0 Å². The van der Waals surface area contributed by atoms with Crippen molar-refractivity contribution in [1.82, 2.24) is 0 Å². The van der Waals surface area contributed by atoms with Crippen molar-refractivity contribution in [2.45, 2.75) is 13.8 Å². The summed E-state index contributed by atoms with van der Waals surface area (Å²) in [4.78, 5) is 0. The van der Waals surface area contributed by atoms with E-state index in [0.717, 1.165) is 16.8 Å². The van der Waals surface area contributed by atoms with E-state index >= 15 is 0 Å². The van der Waals surface area contributed by atoms with Crippen molar-refractivity contribution in [3.05, 3.63) is 47.5 Å². The lowest BCUT2D eigenvalue weighted by Gasteiger charge is -2.06. The summed E-state index contributed by atoms with van der Waals surface area (Å²) in [5.41, 5.74) is 16.2. The maximum Gasteiger partial charge on any atom is 0.114 e. The van der Waals surface area contributed by atoms with Crippen molar-refractivity contribution in [3.63, 3.8) is 0 Å². The van der Waals surface area contributed by atoms with Crippen LogP contribution in [0.3, 0.4) is 0 Å². The van der Waals surface area contributed by atoms with E-state index in [2.05, 4.69) is 10.2 Å². The Morgan fingerprint density at radius 2 is 1.56 bits per heavy atom. The number of nitrogen functional groups attached to an aromatic ring is 2. The highest BCUT2D eigenvalue weighted by atomic mass is 15.1. The van der Waals surface area contributed by atoms with E-state index in [4.69, 9.17) is 11.5 Å². The largest absolute Gasteiger partial charge is 0.397 e. The summed E-state index contributed by atoms with van der Waals surface area (Å²) in [5.74, 6) is 0. The van der Waals surface area contributed by atoms with E-state index in [1.165, 1.54) is 0 Å². The zero-order valence-corrected chi connectivity index (χ0v) is 10.5. The van der Waals surface area contributed by atoms with Gasteiger partial charge in [-0.1, -0.05) is 24.3 Å². The number of aryl methyl sites for hydroxylation is 2. The second-order valence-electron chi connectivity index (χ2n) is 4.22. The van der Waals surface area contributed by atoms with Gasteiger partial charge in [0.05, 0.1) is 17.1 Å². The molecule has 0 aromatic heterocycles. The van der Waals surface area contributed by atoms with E-state index in [1.54, 1.807) is 6.07 Å². The Kier molecular flexibility index (Phi) is 3.28. The molecular formula is C14H16N4. The summed E-state index contributed by atoms with van der Waals surface area (Å²) < 4.78 is 0. The van der Waals surface area contributed by atoms with E-state index in [-0.39, 0.29) is 0 Å². The molecule has 2 aromatic rings. The number of benzene rings is 2. The van der Waals surface area contributed by atoms with Crippen LogP contribution in [0.4, 0.5) is 22.7 Å². The van der Waals surface area contributed by atoms with Crippen molar-refractivity contribution in [1.29, 1.82) is 0 Å². The Hall–Kier alpha value is -2.36. The van der Waals surface area contributed by atoms with Crippen molar-refractivity contribution in [2.24, 2.45) is 10.2 Å². The number of azo groups is 1. The third-order valence-electron chi connectivity index (χ3n) is 2.83. The lowest BCUT2D eigenvalue weighted by molar-refractivity contribution is 1.19. The Balaban J connectivity index is 2.41. The molecule has 0 aliphatic rings. The average Bonchev–Trinajstić information content (AvgIpc) is 2.36. The number of hydrogen-bond donors (Lipinski definition) is 2. The maximum absolute atomic E-state index is 5.91. The van der Waals surface area contributed by atoms with Gasteiger partial charge in [-0.25, -0.2) is 0 Å². The molecule has 0 unspecified atom stereocenters. The van der Waals surface area contributed by atoms with Gasteiger partial charge in [-0.2, -0.15) is 5.11 Å². The first-order chi connectivity index (χ1) is 8.59. The van der Waals surface area contributed by atoms with Gasteiger partial charge < -0.3 is 11.5 Å². The number of anilines is 2. The monoisotopic (exact) mass is 240 g/mol. The van der Waals surface area contributed by atoms with Crippen LogP contribution in [0.25, 0.3) is 0 Å². The van der Waals surface area contributed by atoms with Crippen LogP contribution in [0.2, 0.25) is 0 Å². The highest BCUT2D eigenvalue weighted by molar-refractivity contribution is 5.78. The van der Waals surface area contributed by atoms with Gasteiger partial charge in [0.15, 0.2) is 0 Å². The van der Waals surface area contributed by atoms with Crippen LogP contribution in [-0.2, 0) is 0 Å². The number of nitrogens with two attached hydrogens (primary N) is 2. The fourth-order valence-corrected chi connectivity index (χ4v) is 1.64. The van der Waals surface area contributed by atoms with Crippen LogP contribution in [0, 0.1) is 13.8 Å². The minimum atomic E-state index is 0.479. The van der Waals surface area contributed by atoms with Crippen molar-refractivity contribution < 1.29 is 0 Å². The second kappa shape index (κ2) is 4.87. The van der Waals surface area contributed by atoms with Gasteiger partial charge in [0.25, 0.3) is 0 Å². The van der Waals surface area contributed by atoms with E-state index < -0.39 is 0 Å². The molecule has 0 radical (unpaired) electrons. The first kappa shape index (κ1) is 12.1. The molecule has 0 saturated heterocycles. The number of nitrogens with zero attached hydrogens (tertiary/aromatic N) is 2. The molecule has 0 heterocycles. The molecule has 0 fully saturated rings. The topological polar surface area (TPSA) is 76.8 Å². The molecule has 4 N–H and O–H groups in total.